The molecule has 84 valence electrons. The smallest absolute Gasteiger partial charge is 0.382 e. The van der Waals surface area contributed by atoms with Crippen molar-refractivity contribution in [3.8, 4) is 10.4 Å². The van der Waals surface area contributed by atoms with Crippen molar-refractivity contribution >= 4 is 17.2 Å². The average Bonchev–Trinajstić information content (AvgIpc) is 2.63. The van der Waals surface area contributed by atoms with Gasteiger partial charge in [-0.2, -0.15) is 13.2 Å². The summed E-state index contributed by atoms with van der Waals surface area (Å²) in [5.41, 5.74) is 6.33. The van der Waals surface area contributed by atoms with Gasteiger partial charge in [0.15, 0.2) is 0 Å². The first-order valence-electron chi connectivity index (χ1n) is 4.35. The summed E-state index contributed by atoms with van der Waals surface area (Å²) in [7, 11) is 0. The Morgan fingerprint density at radius 1 is 1.19 bits per heavy atom. The van der Waals surface area contributed by atoms with Crippen LogP contribution in [-0.2, 0) is 6.18 Å². The predicted octanol–water partition coefficient (Wildman–Crippen LogP) is 3.41. The van der Waals surface area contributed by atoms with Crippen LogP contribution in [0.1, 0.15) is 5.56 Å². The summed E-state index contributed by atoms with van der Waals surface area (Å²) in [6.07, 6.45) is -4.38. The number of thiazole rings is 1. The molecule has 0 amide bonds. The van der Waals surface area contributed by atoms with Crippen LogP contribution in [-0.4, -0.2) is 4.98 Å². The van der Waals surface area contributed by atoms with Crippen molar-refractivity contribution in [2.45, 2.75) is 6.18 Å². The van der Waals surface area contributed by atoms with Gasteiger partial charge in [-0.3, -0.25) is 0 Å². The fraction of sp³-hybridized carbons (Fsp3) is 0.100. The Balaban J connectivity index is 2.62. The van der Waals surface area contributed by atoms with Crippen LogP contribution in [0.4, 0.5) is 19.0 Å². The number of benzene rings is 1. The zero-order chi connectivity index (χ0) is 11.8. The van der Waals surface area contributed by atoms with Gasteiger partial charge in [0.2, 0.25) is 0 Å². The molecule has 0 bridgehead atoms. The van der Waals surface area contributed by atoms with Crippen molar-refractivity contribution in [2.24, 2.45) is 0 Å². The molecule has 1 aromatic carbocycles. The van der Waals surface area contributed by atoms with Gasteiger partial charge in [-0.05, 0) is 6.07 Å². The van der Waals surface area contributed by atoms with Gasteiger partial charge in [-0.1, -0.05) is 18.2 Å². The number of hydrogen-bond acceptors (Lipinski definition) is 3. The summed E-state index contributed by atoms with van der Waals surface area (Å²) in [5, 5.41) is 0. The van der Waals surface area contributed by atoms with Crippen LogP contribution in [0.15, 0.2) is 29.8 Å². The molecule has 16 heavy (non-hydrogen) atoms. The van der Waals surface area contributed by atoms with E-state index in [0.717, 1.165) is 17.4 Å². The van der Waals surface area contributed by atoms with Crippen molar-refractivity contribution in [1.82, 2.24) is 4.98 Å². The molecule has 1 aromatic heterocycles. The first-order valence-corrected chi connectivity index (χ1v) is 5.23. The number of rotatable bonds is 1. The number of nitrogens with zero attached hydrogens (tertiary/aromatic N) is 1. The average molecular weight is 244 g/mol. The van der Waals surface area contributed by atoms with Crippen LogP contribution in [0.3, 0.4) is 0 Å². The van der Waals surface area contributed by atoms with Crippen LogP contribution >= 0.6 is 11.3 Å². The predicted molar refractivity (Wildman–Crippen MR) is 57.0 cm³/mol. The van der Waals surface area contributed by atoms with Crippen LogP contribution in [0.5, 0.6) is 0 Å². The maximum absolute atomic E-state index is 12.7. The van der Waals surface area contributed by atoms with E-state index >= 15 is 0 Å². The van der Waals surface area contributed by atoms with Crippen LogP contribution < -0.4 is 5.73 Å². The highest BCUT2D eigenvalue weighted by atomic mass is 32.1. The molecule has 0 fully saturated rings. The number of nitrogen functional groups attached to an aromatic ring is 1. The molecule has 0 aliphatic heterocycles. The Kier molecular flexibility index (Phi) is 2.59. The lowest BCUT2D eigenvalue weighted by atomic mass is 10.1. The van der Waals surface area contributed by atoms with Gasteiger partial charge in [0, 0.05) is 5.56 Å². The van der Waals surface area contributed by atoms with Gasteiger partial charge in [-0.15, -0.1) is 11.3 Å². The number of hydrogen-bond donors (Lipinski definition) is 1. The Bertz CT molecular complexity index is 505. The molecular formula is C10H7F3N2S. The number of alkyl halides is 3. The van der Waals surface area contributed by atoms with E-state index in [4.69, 9.17) is 5.73 Å². The van der Waals surface area contributed by atoms with E-state index in [2.05, 4.69) is 4.98 Å². The molecule has 1 heterocycles. The molecule has 2 nitrogen and oxygen atoms in total. The molecule has 0 aliphatic carbocycles. The number of aromatic nitrogens is 1. The molecular weight excluding hydrogens is 237 g/mol. The summed E-state index contributed by atoms with van der Waals surface area (Å²) in [4.78, 5) is 4.10. The molecule has 2 rings (SSSR count). The van der Waals surface area contributed by atoms with E-state index in [1.807, 2.05) is 0 Å². The SMILES string of the molecule is Nc1ncsc1-c1ccccc1C(F)(F)F. The van der Waals surface area contributed by atoms with Crippen molar-refractivity contribution in [2.75, 3.05) is 5.73 Å². The Hall–Kier alpha value is -1.56. The fourth-order valence-electron chi connectivity index (χ4n) is 1.38. The quantitative estimate of drug-likeness (QED) is 0.834. The Morgan fingerprint density at radius 2 is 1.88 bits per heavy atom. The molecule has 2 N–H and O–H groups in total. The minimum atomic E-state index is -4.38. The Morgan fingerprint density at radius 3 is 2.44 bits per heavy atom. The summed E-state index contributed by atoms with van der Waals surface area (Å²) in [6, 6.07) is 5.33. The van der Waals surface area contributed by atoms with E-state index < -0.39 is 11.7 Å². The number of anilines is 1. The first kappa shape index (κ1) is 10.9. The summed E-state index contributed by atoms with van der Waals surface area (Å²) in [5.74, 6) is 0.127. The van der Waals surface area contributed by atoms with Crippen molar-refractivity contribution in [1.29, 1.82) is 0 Å². The topological polar surface area (TPSA) is 38.9 Å². The molecule has 0 atom stereocenters. The van der Waals surface area contributed by atoms with Gasteiger partial charge in [-0.25, -0.2) is 4.98 Å². The van der Waals surface area contributed by atoms with Crippen molar-refractivity contribution < 1.29 is 13.2 Å². The van der Waals surface area contributed by atoms with Crippen molar-refractivity contribution in [3.63, 3.8) is 0 Å². The second-order valence-electron chi connectivity index (χ2n) is 3.11. The Labute approximate surface area is 93.5 Å². The largest absolute Gasteiger partial charge is 0.417 e. The highest BCUT2D eigenvalue weighted by molar-refractivity contribution is 7.13. The standard InChI is InChI=1S/C10H7F3N2S/c11-10(12,13)7-4-2-1-3-6(7)8-9(14)15-5-16-8/h1-5H,14H2. The highest BCUT2D eigenvalue weighted by Crippen LogP contribution is 2.40. The van der Waals surface area contributed by atoms with Gasteiger partial charge in [0.05, 0.1) is 16.0 Å². The third kappa shape index (κ3) is 1.88. The fourth-order valence-corrected chi connectivity index (χ4v) is 2.13. The summed E-state index contributed by atoms with van der Waals surface area (Å²) >= 11 is 1.10. The lowest BCUT2D eigenvalue weighted by Gasteiger charge is -2.11. The third-order valence-corrected chi connectivity index (χ3v) is 2.95. The van der Waals surface area contributed by atoms with Crippen LogP contribution in [0.25, 0.3) is 10.4 Å². The van der Waals surface area contributed by atoms with E-state index in [-0.39, 0.29) is 11.4 Å². The number of halogens is 3. The van der Waals surface area contributed by atoms with Crippen LogP contribution in [0.2, 0.25) is 0 Å². The molecule has 0 saturated heterocycles. The zero-order valence-corrected chi connectivity index (χ0v) is 8.77. The van der Waals surface area contributed by atoms with Gasteiger partial charge < -0.3 is 5.73 Å². The lowest BCUT2D eigenvalue weighted by molar-refractivity contribution is -0.137. The van der Waals surface area contributed by atoms with E-state index in [1.165, 1.54) is 17.6 Å². The second-order valence-corrected chi connectivity index (χ2v) is 3.96. The number of nitrogens with two attached hydrogens (primary N) is 1. The zero-order valence-electron chi connectivity index (χ0n) is 7.95. The van der Waals surface area contributed by atoms with E-state index in [0.29, 0.717) is 4.88 Å². The maximum Gasteiger partial charge on any atom is 0.417 e. The molecule has 0 unspecified atom stereocenters. The third-order valence-electron chi connectivity index (χ3n) is 2.07. The molecule has 6 heteroatoms. The normalized spacial score (nSPS) is 11.7. The van der Waals surface area contributed by atoms with Gasteiger partial charge in [0.25, 0.3) is 0 Å². The maximum atomic E-state index is 12.7. The minimum Gasteiger partial charge on any atom is -0.382 e. The summed E-state index contributed by atoms with van der Waals surface area (Å²) < 4.78 is 38.1. The van der Waals surface area contributed by atoms with Crippen molar-refractivity contribution in [3.05, 3.63) is 35.3 Å². The minimum absolute atomic E-state index is 0.0787. The monoisotopic (exact) mass is 244 g/mol. The molecule has 0 aliphatic rings. The first-order chi connectivity index (χ1) is 7.50. The van der Waals surface area contributed by atoms with Gasteiger partial charge >= 0.3 is 6.18 Å². The summed E-state index contributed by atoms with van der Waals surface area (Å²) in [6.45, 7) is 0. The molecule has 2 aromatic rings. The lowest BCUT2D eigenvalue weighted by Crippen LogP contribution is -2.06. The molecule has 0 radical (unpaired) electrons. The van der Waals surface area contributed by atoms with E-state index in [9.17, 15) is 13.2 Å². The van der Waals surface area contributed by atoms with E-state index in [1.54, 1.807) is 6.07 Å². The van der Waals surface area contributed by atoms with Gasteiger partial charge in [0.1, 0.15) is 5.82 Å². The van der Waals surface area contributed by atoms with Crippen LogP contribution in [0, 0.1) is 0 Å². The highest BCUT2D eigenvalue weighted by Gasteiger charge is 2.34. The molecule has 0 saturated carbocycles. The second kappa shape index (κ2) is 3.79. The molecule has 0 spiro atoms.